The normalized spacial score (nSPS) is 26.2. The Morgan fingerprint density at radius 1 is 1.29 bits per heavy atom. The lowest BCUT2D eigenvalue weighted by atomic mass is 10.1. The lowest BCUT2D eigenvalue weighted by molar-refractivity contribution is -0.0288. The first-order valence-electron chi connectivity index (χ1n) is 10.5. The number of ether oxygens (including phenoxy) is 1. The molecule has 1 aliphatic heterocycles. The number of aliphatic hydroxyl groups is 2. The highest BCUT2D eigenvalue weighted by molar-refractivity contribution is 7.97. The van der Waals surface area contributed by atoms with Crippen molar-refractivity contribution in [1.82, 2.24) is 9.55 Å². The summed E-state index contributed by atoms with van der Waals surface area (Å²) in [4.78, 5) is 22.2. The Bertz CT molecular complexity index is 1280. The van der Waals surface area contributed by atoms with Crippen LogP contribution in [0.5, 0.6) is 0 Å². The zero-order chi connectivity index (χ0) is 24.8. The summed E-state index contributed by atoms with van der Waals surface area (Å²) >= 11 is 6.28. The molecule has 12 nitrogen and oxygen atoms in total. The van der Waals surface area contributed by atoms with E-state index in [1.54, 1.807) is 6.07 Å². The quantitative estimate of drug-likeness (QED) is 0.252. The molecule has 0 bridgehead atoms. The second-order valence-electron chi connectivity index (χ2n) is 8.60. The Balaban J connectivity index is 1.67. The van der Waals surface area contributed by atoms with Gasteiger partial charge in [-0.1, -0.05) is 24.4 Å². The van der Waals surface area contributed by atoms with Gasteiger partial charge < -0.3 is 34.6 Å². The molecule has 0 spiro atoms. The molecule has 0 radical (unpaired) electrons. The van der Waals surface area contributed by atoms with Crippen LogP contribution in [0.25, 0.3) is 11.0 Å². The summed E-state index contributed by atoms with van der Waals surface area (Å²) < 4.78 is 42.4. The van der Waals surface area contributed by atoms with Gasteiger partial charge in [-0.3, -0.25) is 4.57 Å². The number of nitrogens with one attached hydrogen (secondary N) is 1. The van der Waals surface area contributed by atoms with E-state index in [0.29, 0.717) is 11.1 Å². The zero-order valence-electron chi connectivity index (χ0n) is 17.8. The van der Waals surface area contributed by atoms with Crippen molar-refractivity contribution in [2.24, 2.45) is 0 Å². The second-order valence-corrected chi connectivity index (χ2v) is 13.1. The van der Waals surface area contributed by atoms with Crippen molar-refractivity contribution in [1.29, 1.82) is 5.26 Å². The lowest BCUT2D eigenvalue weighted by Crippen LogP contribution is -2.35. The van der Waals surface area contributed by atoms with Gasteiger partial charge in [0.1, 0.15) is 35.6 Å². The fourth-order valence-electron chi connectivity index (χ4n) is 4.53. The Hall–Kier alpha value is -1.75. The van der Waals surface area contributed by atoms with Crippen LogP contribution in [0, 0.1) is 11.3 Å². The van der Waals surface area contributed by atoms with Crippen molar-refractivity contribution >= 4 is 45.8 Å². The van der Waals surface area contributed by atoms with E-state index < -0.39 is 53.2 Å². The highest BCUT2D eigenvalue weighted by atomic mass is 35.5. The molecule has 2 aliphatic rings. The smallest absolute Gasteiger partial charge is 0.340 e. The maximum atomic E-state index is 12.1. The predicted molar refractivity (Wildman–Crippen MR) is 122 cm³/mol. The van der Waals surface area contributed by atoms with Crippen molar-refractivity contribution in [3.8, 4) is 6.07 Å². The summed E-state index contributed by atoms with van der Waals surface area (Å²) in [5.74, 6) is -0.896. The van der Waals surface area contributed by atoms with E-state index in [9.17, 15) is 28.5 Å². The van der Waals surface area contributed by atoms with Crippen LogP contribution in [-0.4, -0.2) is 73.6 Å². The monoisotopic (exact) mass is 534 g/mol. The summed E-state index contributed by atoms with van der Waals surface area (Å²) in [5.41, 5.74) is -0.478. The molecule has 1 saturated carbocycles. The number of nitrogens with zero attached hydrogens (tertiary/aromatic N) is 3. The number of aromatic nitrogens is 2. The molecule has 4 atom stereocenters. The Labute approximate surface area is 200 Å². The average Bonchev–Trinajstić information content (AvgIpc) is 3.43. The van der Waals surface area contributed by atoms with Gasteiger partial charge in [-0.15, -0.1) is 0 Å². The number of anilines is 1. The van der Waals surface area contributed by atoms with Crippen LogP contribution in [0.4, 0.5) is 5.69 Å². The summed E-state index contributed by atoms with van der Waals surface area (Å²) in [6, 6.07) is 3.87. The minimum absolute atomic E-state index is 0.0655. The molecule has 0 aromatic carbocycles. The highest BCUT2D eigenvalue weighted by Crippen LogP contribution is 2.40. The first-order chi connectivity index (χ1) is 15.9. The lowest BCUT2D eigenvalue weighted by Gasteiger charge is -2.19. The van der Waals surface area contributed by atoms with Gasteiger partial charge in [-0.05, 0) is 18.9 Å². The number of pyridine rings is 1. The van der Waals surface area contributed by atoms with Crippen LogP contribution < -0.4 is 5.32 Å². The van der Waals surface area contributed by atoms with Gasteiger partial charge in [0.05, 0.1) is 11.4 Å². The summed E-state index contributed by atoms with van der Waals surface area (Å²) in [5, 5.41) is 34.4. The van der Waals surface area contributed by atoms with Crippen molar-refractivity contribution in [3.05, 3.63) is 23.0 Å². The Morgan fingerprint density at radius 3 is 2.59 bits per heavy atom. The largest absolute Gasteiger partial charge is 0.387 e. The van der Waals surface area contributed by atoms with Crippen LogP contribution in [-0.2, 0) is 19.1 Å². The van der Waals surface area contributed by atoms with Crippen LogP contribution in [0.1, 0.15) is 37.5 Å². The molecule has 5 N–H and O–H groups in total. The molecular weight excluding hydrogens is 511 g/mol. The van der Waals surface area contributed by atoms with E-state index in [1.807, 2.05) is 0 Å². The molecule has 0 unspecified atom stereocenters. The average molecular weight is 535 g/mol. The molecule has 2 aromatic heterocycles. The number of sulfone groups is 1. The number of halogens is 1. The van der Waals surface area contributed by atoms with Crippen LogP contribution in [0.2, 0.25) is 5.15 Å². The molecule has 1 saturated heterocycles. The number of nitriles is 1. The number of aliphatic hydroxyl groups excluding tert-OH is 2. The van der Waals surface area contributed by atoms with Gasteiger partial charge in [0, 0.05) is 17.6 Å². The van der Waals surface area contributed by atoms with Gasteiger partial charge in [0.15, 0.2) is 26.7 Å². The molecule has 4 rings (SSSR count). The van der Waals surface area contributed by atoms with Gasteiger partial charge >= 0.3 is 7.60 Å². The van der Waals surface area contributed by atoms with E-state index in [-0.39, 0.29) is 22.4 Å². The maximum absolute atomic E-state index is 12.1. The molecule has 2 aromatic rings. The molecule has 1 aliphatic carbocycles. The predicted octanol–water partition coefficient (Wildman–Crippen LogP) is 1.09. The maximum Gasteiger partial charge on any atom is 0.340 e. The summed E-state index contributed by atoms with van der Waals surface area (Å²) in [7, 11) is -9.16. The second kappa shape index (κ2) is 9.37. The fourth-order valence-corrected chi connectivity index (χ4v) is 7.99. The van der Waals surface area contributed by atoms with Gasteiger partial charge in [-0.2, -0.15) is 5.26 Å². The minimum atomic E-state index is -4.86. The van der Waals surface area contributed by atoms with Crippen molar-refractivity contribution < 1.29 is 37.7 Å². The third-order valence-corrected chi connectivity index (χ3v) is 10.1. The third-order valence-electron chi connectivity index (χ3n) is 6.03. The van der Waals surface area contributed by atoms with Crippen LogP contribution >= 0.6 is 19.2 Å². The molecule has 186 valence electrons. The van der Waals surface area contributed by atoms with E-state index in [1.165, 1.54) is 10.8 Å². The Morgan fingerprint density at radius 2 is 1.97 bits per heavy atom. The van der Waals surface area contributed by atoms with E-state index >= 15 is 0 Å². The van der Waals surface area contributed by atoms with E-state index in [2.05, 4.69) is 16.4 Å². The van der Waals surface area contributed by atoms with Crippen LogP contribution in [0.15, 0.2) is 12.3 Å². The van der Waals surface area contributed by atoms with Crippen LogP contribution in [0.3, 0.4) is 0 Å². The van der Waals surface area contributed by atoms with Gasteiger partial charge in [0.25, 0.3) is 0 Å². The number of rotatable bonds is 7. The van der Waals surface area contributed by atoms with Crippen molar-refractivity contribution in [2.75, 3.05) is 16.6 Å². The van der Waals surface area contributed by atoms with E-state index in [0.717, 1.165) is 25.7 Å². The fraction of sp³-hybridized carbons (Fsp3) is 0.579. The van der Waals surface area contributed by atoms with Crippen molar-refractivity contribution in [3.63, 3.8) is 0 Å². The highest BCUT2D eigenvalue weighted by Gasteiger charge is 2.46. The zero-order valence-corrected chi connectivity index (χ0v) is 20.2. The molecule has 15 heteroatoms. The molecule has 34 heavy (non-hydrogen) atoms. The van der Waals surface area contributed by atoms with Crippen molar-refractivity contribution in [2.45, 2.75) is 56.3 Å². The number of hydrogen-bond donors (Lipinski definition) is 5. The number of hydrogen-bond acceptors (Lipinski definition) is 9. The molecular formula is C19H24ClN4O8PS. The first kappa shape index (κ1) is 25.3. The number of fused-ring (bicyclic) bond motifs is 1. The van der Waals surface area contributed by atoms with Gasteiger partial charge in [0.2, 0.25) is 0 Å². The SMILES string of the molecule is N#Cc1c(Cl)nc2c(ccn2[C@@H]2O[C@H](CS(=O)(=O)CP(=O)(O)O)[C@@H](O)[C@H]2O)c1NC1CCCC1. The minimum Gasteiger partial charge on any atom is -0.387 e. The van der Waals surface area contributed by atoms with E-state index in [4.69, 9.17) is 26.1 Å². The Kier molecular flexibility index (Phi) is 6.98. The third kappa shape index (κ3) is 5.10. The first-order valence-corrected chi connectivity index (χ1v) is 14.5. The molecule has 3 heterocycles. The van der Waals surface area contributed by atoms with Gasteiger partial charge in [-0.25, -0.2) is 13.4 Å². The standard InChI is InChI=1S/C19H24ClN4O8PS/c20-17-12(7-21)14(22-10-3-1-2-4-10)11-5-6-24(18(11)23-17)19-16(26)15(25)13(32-19)8-34(30,31)9-33(27,28)29/h5-6,10,13,15-16,19,25-26H,1-4,8-9H2,(H,22,23)(H2,27,28,29)/t13-,15-,16-,19-/m1/s1. The molecule has 2 fully saturated rings. The molecule has 0 amide bonds. The topological polar surface area (TPSA) is 195 Å². The summed E-state index contributed by atoms with van der Waals surface area (Å²) in [6.45, 7) is 0. The summed E-state index contributed by atoms with van der Waals surface area (Å²) in [6.07, 6.45) is -0.362.